The Kier molecular flexibility index (Phi) is 7.63. The van der Waals surface area contributed by atoms with Crippen LogP contribution in [0.5, 0.6) is 5.75 Å². The molecule has 3 N–H and O–H groups in total. The molecule has 0 radical (unpaired) electrons. The fraction of sp³-hybridized carbons (Fsp3) is 0.0417. The standard InChI is InChI=1S/C24H20N4O5/c1-16(29)26-19-9-11-20(12-10-19)27-22(30)23(31)28-25-15-17-7-13-21(14-8-17)33-24(32)18-5-3-2-4-6-18/h2-15H,1H3,(H,26,29)(H,27,30)(H,28,31)/b25-15+. The number of nitrogens with one attached hydrogen (secondary N) is 3. The van der Waals surface area contributed by atoms with Crippen LogP contribution in [0.2, 0.25) is 0 Å². The molecule has 0 spiro atoms. The van der Waals surface area contributed by atoms with E-state index in [1.165, 1.54) is 13.1 Å². The highest BCUT2D eigenvalue weighted by molar-refractivity contribution is 6.39. The average Bonchev–Trinajstić information content (AvgIpc) is 2.81. The molecular formula is C24H20N4O5. The summed E-state index contributed by atoms with van der Waals surface area (Å²) in [6.45, 7) is 1.38. The van der Waals surface area contributed by atoms with E-state index in [0.717, 1.165) is 0 Å². The molecule has 0 aliphatic rings. The van der Waals surface area contributed by atoms with Gasteiger partial charge in [-0.3, -0.25) is 14.4 Å². The van der Waals surface area contributed by atoms with Gasteiger partial charge in [0.15, 0.2) is 0 Å². The van der Waals surface area contributed by atoms with Gasteiger partial charge in [-0.1, -0.05) is 18.2 Å². The van der Waals surface area contributed by atoms with Crippen LogP contribution in [0.3, 0.4) is 0 Å². The highest BCUT2D eigenvalue weighted by Gasteiger charge is 2.13. The van der Waals surface area contributed by atoms with Crippen molar-refractivity contribution >= 4 is 41.3 Å². The highest BCUT2D eigenvalue weighted by atomic mass is 16.5. The van der Waals surface area contributed by atoms with Gasteiger partial charge < -0.3 is 15.4 Å². The fourth-order valence-electron chi connectivity index (χ4n) is 2.61. The Hall–Kier alpha value is -4.79. The number of hydrogen-bond donors (Lipinski definition) is 3. The monoisotopic (exact) mass is 444 g/mol. The maximum atomic E-state index is 12.0. The third-order valence-electron chi connectivity index (χ3n) is 4.15. The van der Waals surface area contributed by atoms with E-state index in [4.69, 9.17) is 4.74 Å². The van der Waals surface area contributed by atoms with Crippen molar-refractivity contribution in [2.75, 3.05) is 10.6 Å². The summed E-state index contributed by atoms with van der Waals surface area (Å²) in [6.07, 6.45) is 1.34. The van der Waals surface area contributed by atoms with E-state index in [1.807, 2.05) is 0 Å². The van der Waals surface area contributed by atoms with Gasteiger partial charge in [0.25, 0.3) is 0 Å². The van der Waals surface area contributed by atoms with Crippen molar-refractivity contribution in [3.8, 4) is 5.75 Å². The quantitative estimate of drug-likeness (QED) is 0.177. The van der Waals surface area contributed by atoms with E-state index in [0.29, 0.717) is 28.3 Å². The Bertz CT molecular complexity index is 1170. The minimum absolute atomic E-state index is 0.216. The average molecular weight is 444 g/mol. The first-order valence-corrected chi connectivity index (χ1v) is 9.80. The lowest BCUT2D eigenvalue weighted by Crippen LogP contribution is -2.32. The van der Waals surface area contributed by atoms with Gasteiger partial charge in [-0.2, -0.15) is 5.10 Å². The number of hydrazone groups is 1. The normalized spacial score (nSPS) is 10.3. The molecule has 3 amide bonds. The third-order valence-corrected chi connectivity index (χ3v) is 4.15. The predicted molar refractivity (Wildman–Crippen MR) is 123 cm³/mol. The molecule has 0 aromatic heterocycles. The summed E-state index contributed by atoms with van der Waals surface area (Å²) >= 11 is 0. The molecule has 0 bridgehead atoms. The number of rotatable bonds is 6. The van der Waals surface area contributed by atoms with Crippen molar-refractivity contribution in [3.63, 3.8) is 0 Å². The van der Waals surface area contributed by atoms with Crippen molar-refractivity contribution < 1.29 is 23.9 Å². The Morgan fingerprint density at radius 1 is 0.758 bits per heavy atom. The third kappa shape index (κ3) is 7.14. The summed E-state index contributed by atoms with van der Waals surface area (Å²) in [5, 5.41) is 8.77. The van der Waals surface area contributed by atoms with Crippen LogP contribution < -0.4 is 20.8 Å². The summed E-state index contributed by atoms with van der Waals surface area (Å²) in [5.74, 6) is -2.19. The minimum atomic E-state index is -0.953. The minimum Gasteiger partial charge on any atom is -0.423 e. The Morgan fingerprint density at radius 2 is 1.36 bits per heavy atom. The number of ether oxygens (including phenoxy) is 1. The molecule has 9 nitrogen and oxygen atoms in total. The molecule has 0 saturated carbocycles. The molecule has 3 aromatic carbocycles. The second-order valence-electron chi connectivity index (χ2n) is 6.74. The van der Waals surface area contributed by atoms with Crippen LogP contribution in [-0.2, 0) is 14.4 Å². The number of anilines is 2. The largest absolute Gasteiger partial charge is 0.423 e. The molecular weight excluding hydrogens is 424 g/mol. The molecule has 0 fully saturated rings. The number of benzene rings is 3. The lowest BCUT2D eigenvalue weighted by atomic mass is 10.2. The van der Waals surface area contributed by atoms with Gasteiger partial charge >= 0.3 is 17.8 Å². The molecule has 33 heavy (non-hydrogen) atoms. The lowest BCUT2D eigenvalue weighted by Gasteiger charge is -2.06. The summed E-state index contributed by atoms with van der Waals surface area (Å²) in [4.78, 5) is 46.9. The Labute approximate surface area is 189 Å². The number of nitrogens with zero attached hydrogens (tertiary/aromatic N) is 1. The van der Waals surface area contributed by atoms with E-state index in [9.17, 15) is 19.2 Å². The summed E-state index contributed by atoms with van der Waals surface area (Å²) in [5.41, 5.74) is 4.13. The Morgan fingerprint density at radius 3 is 1.97 bits per heavy atom. The summed E-state index contributed by atoms with van der Waals surface area (Å²) < 4.78 is 5.29. The zero-order valence-corrected chi connectivity index (χ0v) is 17.6. The van der Waals surface area contributed by atoms with Crippen molar-refractivity contribution in [2.45, 2.75) is 6.92 Å². The number of esters is 1. The maximum absolute atomic E-state index is 12.0. The Balaban J connectivity index is 1.47. The van der Waals surface area contributed by atoms with Crippen LogP contribution in [0.4, 0.5) is 11.4 Å². The van der Waals surface area contributed by atoms with Crippen LogP contribution in [-0.4, -0.2) is 29.9 Å². The van der Waals surface area contributed by atoms with Crippen molar-refractivity contribution in [2.24, 2.45) is 5.10 Å². The molecule has 0 saturated heterocycles. The second kappa shape index (κ2) is 11.0. The number of carbonyl (C=O) groups is 4. The van der Waals surface area contributed by atoms with Gasteiger partial charge in [0.2, 0.25) is 5.91 Å². The molecule has 0 unspecified atom stereocenters. The molecule has 0 atom stereocenters. The van der Waals surface area contributed by atoms with Crippen LogP contribution >= 0.6 is 0 Å². The van der Waals surface area contributed by atoms with Crippen molar-refractivity contribution in [3.05, 3.63) is 90.0 Å². The fourth-order valence-corrected chi connectivity index (χ4v) is 2.61. The van der Waals surface area contributed by atoms with Gasteiger partial charge in [-0.25, -0.2) is 10.2 Å². The molecule has 0 heterocycles. The van der Waals surface area contributed by atoms with Gasteiger partial charge in [0.1, 0.15) is 5.75 Å². The van der Waals surface area contributed by atoms with E-state index in [-0.39, 0.29) is 5.91 Å². The van der Waals surface area contributed by atoms with Gasteiger partial charge in [-0.15, -0.1) is 0 Å². The summed E-state index contributed by atoms with van der Waals surface area (Å²) in [7, 11) is 0. The lowest BCUT2D eigenvalue weighted by molar-refractivity contribution is -0.136. The van der Waals surface area contributed by atoms with E-state index in [2.05, 4.69) is 21.2 Å². The van der Waals surface area contributed by atoms with Crippen LogP contribution in [0.25, 0.3) is 0 Å². The smallest absolute Gasteiger partial charge is 0.343 e. The topological polar surface area (TPSA) is 126 Å². The first kappa shape index (κ1) is 22.9. The summed E-state index contributed by atoms with van der Waals surface area (Å²) in [6, 6.07) is 21.3. The van der Waals surface area contributed by atoms with Gasteiger partial charge in [-0.05, 0) is 66.2 Å². The van der Waals surface area contributed by atoms with Crippen LogP contribution in [0.15, 0.2) is 84.0 Å². The molecule has 166 valence electrons. The molecule has 3 rings (SSSR count). The molecule has 0 aliphatic carbocycles. The molecule has 0 aliphatic heterocycles. The molecule has 9 heteroatoms. The number of hydrogen-bond acceptors (Lipinski definition) is 6. The van der Waals surface area contributed by atoms with E-state index in [1.54, 1.807) is 78.9 Å². The number of amides is 3. The first-order valence-electron chi connectivity index (χ1n) is 9.80. The zero-order valence-electron chi connectivity index (χ0n) is 17.6. The highest BCUT2D eigenvalue weighted by Crippen LogP contribution is 2.14. The van der Waals surface area contributed by atoms with Crippen LogP contribution in [0.1, 0.15) is 22.8 Å². The zero-order chi connectivity index (χ0) is 23.6. The van der Waals surface area contributed by atoms with E-state index >= 15 is 0 Å². The van der Waals surface area contributed by atoms with Gasteiger partial charge in [0, 0.05) is 18.3 Å². The van der Waals surface area contributed by atoms with E-state index < -0.39 is 17.8 Å². The van der Waals surface area contributed by atoms with Crippen LogP contribution in [0, 0.1) is 0 Å². The SMILES string of the molecule is CC(=O)Nc1ccc(NC(=O)C(=O)N/N=C/c2ccc(OC(=O)c3ccccc3)cc2)cc1. The number of carbonyl (C=O) groups excluding carboxylic acids is 4. The van der Waals surface area contributed by atoms with Crippen molar-refractivity contribution in [1.82, 2.24) is 5.43 Å². The second-order valence-corrected chi connectivity index (χ2v) is 6.74. The predicted octanol–water partition coefficient (Wildman–Crippen LogP) is 2.95. The first-order chi connectivity index (χ1) is 15.9. The maximum Gasteiger partial charge on any atom is 0.343 e. The van der Waals surface area contributed by atoms with Gasteiger partial charge in [0.05, 0.1) is 11.8 Å². The molecule has 3 aromatic rings. The van der Waals surface area contributed by atoms with Crippen molar-refractivity contribution in [1.29, 1.82) is 0 Å².